The van der Waals surface area contributed by atoms with Gasteiger partial charge in [0.25, 0.3) is 0 Å². The number of benzene rings is 3. The Hall–Kier alpha value is -4.18. The number of aromatic nitrogens is 2. The maximum Gasteiger partial charge on any atom is 0.152 e. The lowest BCUT2D eigenvalue weighted by molar-refractivity contribution is 0.414. The third kappa shape index (κ3) is 4.23. The zero-order valence-corrected chi connectivity index (χ0v) is 18.9. The van der Waals surface area contributed by atoms with Crippen LogP contribution in [0.2, 0.25) is 0 Å². The molecule has 1 atom stereocenters. The van der Waals surface area contributed by atoms with Crippen LogP contribution in [0.3, 0.4) is 0 Å². The normalized spacial score (nSPS) is 14.6. The number of para-hydroxylation sites is 2. The van der Waals surface area contributed by atoms with Gasteiger partial charge in [-0.05, 0) is 54.1 Å². The second-order valence-corrected chi connectivity index (χ2v) is 8.21. The number of nitrogens with zero attached hydrogens (tertiary/aromatic N) is 5. The number of piperazine rings is 1. The van der Waals surface area contributed by atoms with Gasteiger partial charge < -0.3 is 14.5 Å². The molecule has 3 aromatic carbocycles. The lowest BCUT2D eigenvalue weighted by Gasteiger charge is -2.37. The molecule has 0 radical (unpaired) electrons. The molecule has 0 aliphatic carbocycles. The first-order valence-corrected chi connectivity index (χ1v) is 11.2. The standard InChI is InChI=1S/C27H24FN5O/c1-34-22-12-6-19(7-13-22)23(18-29)26-27(31-25-5-3-2-4-24(25)30-26)33-16-14-32(15-17-33)21-10-8-20(28)9-11-21/h2-13,23H,14-17H2,1H3/t23-/m0/s1. The van der Waals surface area contributed by atoms with Crippen LogP contribution in [0.4, 0.5) is 15.9 Å². The molecule has 0 unspecified atom stereocenters. The molecule has 170 valence electrons. The molecule has 1 fully saturated rings. The van der Waals surface area contributed by atoms with Gasteiger partial charge in [0.15, 0.2) is 5.82 Å². The monoisotopic (exact) mass is 453 g/mol. The Morgan fingerprint density at radius 1 is 0.853 bits per heavy atom. The van der Waals surface area contributed by atoms with Gasteiger partial charge >= 0.3 is 0 Å². The molecule has 4 aromatic rings. The van der Waals surface area contributed by atoms with Gasteiger partial charge in [0.05, 0.1) is 24.2 Å². The van der Waals surface area contributed by atoms with Crippen molar-refractivity contribution in [2.45, 2.75) is 5.92 Å². The zero-order chi connectivity index (χ0) is 23.5. The summed E-state index contributed by atoms with van der Waals surface area (Å²) in [6, 6.07) is 24.3. The van der Waals surface area contributed by atoms with E-state index in [0.717, 1.165) is 60.0 Å². The molecule has 1 aliphatic rings. The van der Waals surface area contributed by atoms with E-state index in [0.29, 0.717) is 5.69 Å². The van der Waals surface area contributed by atoms with Crippen molar-refractivity contribution in [1.29, 1.82) is 5.26 Å². The van der Waals surface area contributed by atoms with E-state index in [1.165, 1.54) is 12.1 Å². The number of rotatable bonds is 5. The first-order chi connectivity index (χ1) is 16.7. The Bertz CT molecular complexity index is 1330. The van der Waals surface area contributed by atoms with Gasteiger partial charge in [-0.2, -0.15) is 5.26 Å². The first kappa shape index (κ1) is 21.7. The van der Waals surface area contributed by atoms with E-state index in [1.54, 1.807) is 7.11 Å². The second kappa shape index (κ2) is 9.36. The highest BCUT2D eigenvalue weighted by Gasteiger charge is 2.27. The van der Waals surface area contributed by atoms with Crippen LogP contribution in [0.15, 0.2) is 72.8 Å². The van der Waals surface area contributed by atoms with Crippen molar-refractivity contribution in [3.05, 3.63) is 89.9 Å². The van der Waals surface area contributed by atoms with Crippen molar-refractivity contribution in [3.63, 3.8) is 0 Å². The third-order valence-electron chi connectivity index (χ3n) is 6.20. The number of hydrogen-bond donors (Lipinski definition) is 0. The topological polar surface area (TPSA) is 65.3 Å². The lowest BCUT2D eigenvalue weighted by Crippen LogP contribution is -2.47. The SMILES string of the molecule is COc1ccc([C@H](C#N)c2nc3ccccc3nc2N2CCN(c3ccc(F)cc3)CC2)cc1. The first-order valence-electron chi connectivity index (χ1n) is 11.2. The van der Waals surface area contributed by atoms with Crippen molar-refractivity contribution in [2.75, 3.05) is 43.1 Å². The fourth-order valence-electron chi connectivity index (χ4n) is 4.35. The highest BCUT2D eigenvalue weighted by molar-refractivity contribution is 5.77. The summed E-state index contributed by atoms with van der Waals surface area (Å²) in [7, 11) is 1.62. The minimum atomic E-state index is -0.562. The molecule has 1 saturated heterocycles. The quantitative estimate of drug-likeness (QED) is 0.434. The van der Waals surface area contributed by atoms with Gasteiger partial charge in [-0.1, -0.05) is 24.3 Å². The molecule has 1 aromatic heterocycles. The van der Waals surface area contributed by atoms with E-state index < -0.39 is 5.92 Å². The summed E-state index contributed by atoms with van der Waals surface area (Å²) in [5, 5.41) is 10.2. The van der Waals surface area contributed by atoms with Crippen LogP contribution in [0.5, 0.6) is 5.75 Å². The van der Waals surface area contributed by atoms with Gasteiger partial charge in [0, 0.05) is 31.9 Å². The largest absolute Gasteiger partial charge is 0.497 e. The Morgan fingerprint density at radius 2 is 1.47 bits per heavy atom. The Labute approximate surface area is 197 Å². The van der Waals surface area contributed by atoms with Gasteiger partial charge in [0.1, 0.15) is 23.2 Å². The summed E-state index contributed by atoms with van der Waals surface area (Å²) in [4.78, 5) is 14.3. The number of methoxy groups -OCH3 is 1. The van der Waals surface area contributed by atoms with Gasteiger partial charge in [-0.15, -0.1) is 0 Å². The van der Waals surface area contributed by atoms with Crippen LogP contribution in [0.1, 0.15) is 17.2 Å². The van der Waals surface area contributed by atoms with Crippen molar-refractivity contribution < 1.29 is 9.13 Å². The Kier molecular flexibility index (Phi) is 5.96. The molecule has 34 heavy (non-hydrogen) atoms. The molecule has 0 spiro atoms. The molecular weight excluding hydrogens is 429 g/mol. The van der Waals surface area contributed by atoms with E-state index >= 15 is 0 Å². The summed E-state index contributed by atoms with van der Waals surface area (Å²) in [5.74, 6) is 0.676. The average molecular weight is 454 g/mol. The van der Waals surface area contributed by atoms with Crippen molar-refractivity contribution in [3.8, 4) is 11.8 Å². The van der Waals surface area contributed by atoms with Gasteiger partial charge in [-0.25, -0.2) is 14.4 Å². The van der Waals surface area contributed by atoms with Crippen molar-refractivity contribution in [2.24, 2.45) is 0 Å². The van der Waals surface area contributed by atoms with Gasteiger partial charge in [-0.3, -0.25) is 0 Å². The summed E-state index contributed by atoms with van der Waals surface area (Å²) in [6.07, 6.45) is 0. The number of anilines is 2. The maximum absolute atomic E-state index is 13.3. The third-order valence-corrected chi connectivity index (χ3v) is 6.20. The lowest BCUT2D eigenvalue weighted by atomic mass is 9.96. The molecule has 0 amide bonds. The summed E-state index contributed by atoms with van der Waals surface area (Å²) >= 11 is 0. The zero-order valence-electron chi connectivity index (χ0n) is 18.9. The van der Waals surface area contributed by atoms with Crippen LogP contribution >= 0.6 is 0 Å². The van der Waals surface area contributed by atoms with Crippen molar-refractivity contribution in [1.82, 2.24) is 9.97 Å². The Morgan fingerprint density at radius 3 is 2.09 bits per heavy atom. The highest BCUT2D eigenvalue weighted by Crippen LogP contribution is 2.33. The van der Waals surface area contributed by atoms with E-state index in [-0.39, 0.29) is 5.82 Å². The maximum atomic E-state index is 13.3. The molecule has 0 bridgehead atoms. The number of hydrogen-bond acceptors (Lipinski definition) is 6. The summed E-state index contributed by atoms with van der Waals surface area (Å²) < 4.78 is 18.6. The molecular formula is C27H24FN5O. The van der Waals surface area contributed by atoms with E-state index in [2.05, 4.69) is 15.9 Å². The average Bonchev–Trinajstić information content (AvgIpc) is 2.90. The highest BCUT2D eigenvalue weighted by atomic mass is 19.1. The fourth-order valence-corrected chi connectivity index (χ4v) is 4.35. The van der Waals surface area contributed by atoms with E-state index in [9.17, 15) is 9.65 Å². The smallest absolute Gasteiger partial charge is 0.152 e. The van der Waals surface area contributed by atoms with Gasteiger partial charge in [0.2, 0.25) is 0 Å². The molecule has 7 heteroatoms. The molecule has 2 heterocycles. The summed E-state index contributed by atoms with van der Waals surface area (Å²) in [5.41, 5.74) is 4.06. The van der Waals surface area contributed by atoms with Crippen LogP contribution < -0.4 is 14.5 Å². The molecule has 0 saturated carbocycles. The number of ether oxygens (including phenoxy) is 1. The van der Waals surface area contributed by atoms with Crippen LogP contribution in [-0.2, 0) is 0 Å². The van der Waals surface area contributed by atoms with Crippen LogP contribution in [0, 0.1) is 17.1 Å². The van der Waals surface area contributed by atoms with E-state index in [1.807, 2.05) is 60.7 Å². The van der Waals surface area contributed by atoms with E-state index in [4.69, 9.17) is 14.7 Å². The van der Waals surface area contributed by atoms with Crippen molar-refractivity contribution >= 4 is 22.5 Å². The molecule has 1 aliphatic heterocycles. The number of fused-ring (bicyclic) bond motifs is 1. The summed E-state index contributed by atoms with van der Waals surface area (Å²) in [6.45, 7) is 2.97. The predicted octanol–water partition coefficient (Wildman–Crippen LogP) is 4.76. The minimum absolute atomic E-state index is 0.237. The van der Waals surface area contributed by atoms with Crippen LogP contribution in [0.25, 0.3) is 11.0 Å². The second-order valence-electron chi connectivity index (χ2n) is 8.21. The number of nitriles is 1. The number of halogens is 1. The predicted molar refractivity (Wildman–Crippen MR) is 131 cm³/mol. The molecule has 6 nitrogen and oxygen atoms in total. The van der Waals surface area contributed by atoms with Crippen LogP contribution in [-0.4, -0.2) is 43.3 Å². The molecule has 5 rings (SSSR count). The Balaban J connectivity index is 1.49. The fraction of sp³-hybridized carbons (Fsp3) is 0.222. The molecule has 0 N–H and O–H groups in total. The minimum Gasteiger partial charge on any atom is -0.497 e.